The summed E-state index contributed by atoms with van der Waals surface area (Å²) in [5.41, 5.74) is -1.94. The third kappa shape index (κ3) is 5.65. The highest BCUT2D eigenvalue weighted by Gasteiger charge is 2.55. The van der Waals surface area contributed by atoms with E-state index in [9.17, 15) is 14.7 Å². The van der Waals surface area contributed by atoms with Gasteiger partial charge in [-0.25, -0.2) is 4.39 Å². The summed E-state index contributed by atoms with van der Waals surface area (Å²) >= 11 is 12.3. The van der Waals surface area contributed by atoms with Crippen molar-refractivity contribution in [3.63, 3.8) is 0 Å². The molecule has 1 saturated heterocycles. The van der Waals surface area contributed by atoms with Crippen LogP contribution < -0.4 is 5.32 Å². The monoisotopic (exact) mass is 627 g/mol. The molecule has 2 fully saturated rings. The molecule has 2 aliphatic heterocycles. The molecule has 6 rings (SSSR count). The molecule has 2 atom stereocenters. The SMILES string of the molecule is CC(O)(c1cc(F)c2c(c1)C(=O)N(Cc1ccc(Cl)cn1)[C@@]2(OCNC(=O)C1CC1)c1ccc(Cl)cc1)C1CCOCC1. The lowest BCUT2D eigenvalue weighted by Crippen LogP contribution is -2.49. The van der Waals surface area contributed by atoms with Crippen molar-refractivity contribution in [3.8, 4) is 0 Å². The smallest absolute Gasteiger partial charge is 0.257 e. The number of carbonyl (C=O) groups is 2. The number of rotatable bonds is 9. The van der Waals surface area contributed by atoms with Crippen molar-refractivity contribution in [1.29, 1.82) is 0 Å². The minimum atomic E-state index is -1.79. The largest absolute Gasteiger partial charge is 0.385 e. The molecule has 1 saturated carbocycles. The first-order valence-electron chi connectivity index (χ1n) is 14.4. The Bertz CT molecular complexity index is 1530. The molecule has 11 heteroatoms. The van der Waals surface area contributed by atoms with Crippen LogP contribution in [0.1, 0.15) is 65.3 Å². The maximum Gasteiger partial charge on any atom is 0.257 e. The number of carbonyl (C=O) groups excluding carboxylic acids is 2. The molecule has 2 amide bonds. The number of aliphatic hydroxyl groups is 1. The zero-order chi connectivity index (χ0) is 30.4. The van der Waals surface area contributed by atoms with Gasteiger partial charge in [0.2, 0.25) is 11.6 Å². The lowest BCUT2D eigenvalue weighted by atomic mass is 9.77. The van der Waals surface area contributed by atoms with Crippen molar-refractivity contribution < 1.29 is 28.6 Å². The van der Waals surface area contributed by atoms with Crippen LogP contribution in [0.2, 0.25) is 10.0 Å². The molecular formula is C32H32Cl2FN3O5. The zero-order valence-electron chi connectivity index (χ0n) is 23.6. The molecule has 43 heavy (non-hydrogen) atoms. The van der Waals surface area contributed by atoms with Crippen LogP contribution in [-0.4, -0.2) is 46.7 Å². The molecule has 226 valence electrons. The van der Waals surface area contributed by atoms with Gasteiger partial charge in [-0.15, -0.1) is 0 Å². The Kier molecular flexibility index (Phi) is 8.21. The van der Waals surface area contributed by atoms with Gasteiger partial charge < -0.3 is 19.9 Å². The van der Waals surface area contributed by atoms with Gasteiger partial charge in [0, 0.05) is 35.9 Å². The van der Waals surface area contributed by atoms with Crippen LogP contribution in [0.25, 0.3) is 0 Å². The lowest BCUT2D eigenvalue weighted by Gasteiger charge is -2.39. The molecule has 8 nitrogen and oxygen atoms in total. The molecule has 1 aliphatic carbocycles. The average molecular weight is 629 g/mol. The number of ether oxygens (including phenoxy) is 2. The number of hydrogen-bond donors (Lipinski definition) is 2. The molecule has 1 aromatic heterocycles. The van der Waals surface area contributed by atoms with Gasteiger partial charge >= 0.3 is 0 Å². The Balaban J connectivity index is 1.49. The fourth-order valence-electron chi connectivity index (χ4n) is 6.09. The summed E-state index contributed by atoms with van der Waals surface area (Å²) in [5.74, 6) is -1.65. The minimum absolute atomic E-state index is 0.0130. The van der Waals surface area contributed by atoms with E-state index >= 15 is 4.39 Å². The molecule has 3 heterocycles. The number of nitrogens with zero attached hydrogens (tertiary/aromatic N) is 2. The lowest BCUT2D eigenvalue weighted by molar-refractivity contribution is -0.137. The minimum Gasteiger partial charge on any atom is -0.385 e. The highest BCUT2D eigenvalue weighted by atomic mass is 35.5. The van der Waals surface area contributed by atoms with Crippen LogP contribution in [0.4, 0.5) is 4.39 Å². The van der Waals surface area contributed by atoms with E-state index in [-0.39, 0.29) is 42.1 Å². The summed E-state index contributed by atoms with van der Waals surface area (Å²) in [6.45, 7) is 2.30. The van der Waals surface area contributed by atoms with Gasteiger partial charge in [-0.3, -0.25) is 19.5 Å². The predicted molar refractivity (Wildman–Crippen MR) is 158 cm³/mol. The number of halogens is 3. The molecule has 2 aromatic carbocycles. The third-order valence-corrected chi connectivity index (χ3v) is 9.18. The number of pyridine rings is 1. The Morgan fingerprint density at radius 1 is 1.14 bits per heavy atom. The second kappa shape index (κ2) is 11.8. The summed E-state index contributed by atoms with van der Waals surface area (Å²) in [5, 5.41) is 15.3. The molecule has 1 unspecified atom stereocenters. The normalized spacial score (nSPS) is 21.9. The highest BCUT2D eigenvalue weighted by molar-refractivity contribution is 6.30. The van der Waals surface area contributed by atoms with Crippen molar-refractivity contribution in [1.82, 2.24) is 15.2 Å². The summed E-state index contributed by atoms with van der Waals surface area (Å²) in [4.78, 5) is 32.7. The van der Waals surface area contributed by atoms with Gasteiger partial charge in [0.15, 0.2) is 0 Å². The first-order valence-corrected chi connectivity index (χ1v) is 15.1. The molecule has 2 N–H and O–H groups in total. The average Bonchev–Trinajstić information content (AvgIpc) is 3.83. The van der Waals surface area contributed by atoms with Crippen LogP contribution in [-0.2, 0) is 32.1 Å². The van der Waals surface area contributed by atoms with Crippen molar-refractivity contribution in [2.75, 3.05) is 19.9 Å². The Morgan fingerprint density at radius 3 is 2.49 bits per heavy atom. The fourth-order valence-corrected chi connectivity index (χ4v) is 6.32. The van der Waals surface area contributed by atoms with E-state index in [2.05, 4.69) is 10.3 Å². The number of hydrogen-bond acceptors (Lipinski definition) is 6. The molecular weight excluding hydrogens is 596 g/mol. The molecule has 0 bridgehead atoms. The fraction of sp³-hybridized carbons (Fsp3) is 0.406. The molecule has 3 aromatic rings. The summed E-state index contributed by atoms with van der Waals surface area (Å²) < 4.78 is 28.5. The zero-order valence-corrected chi connectivity index (χ0v) is 25.1. The van der Waals surface area contributed by atoms with E-state index in [0.29, 0.717) is 52.9 Å². The van der Waals surface area contributed by atoms with Crippen LogP contribution in [0, 0.1) is 17.7 Å². The van der Waals surface area contributed by atoms with Crippen LogP contribution in [0.5, 0.6) is 0 Å². The number of aromatic nitrogens is 1. The summed E-state index contributed by atoms with van der Waals surface area (Å²) in [6.07, 6.45) is 4.27. The van der Waals surface area contributed by atoms with Crippen LogP contribution >= 0.6 is 23.2 Å². The van der Waals surface area contributed by atoms with Gasteiger partial charge in [-0.1, -0.05) is 35.3 Å². The van der Waals surface area contributed by atoms with Crippen LogP contribution in [0.15, 0.2) is 54.7 Å². The Morgan fingerprint density at radius 2 is 1.84 bits per heavy atom. The molecule has 0 radical (unpaired) electrons. The number of fused-ring (bicyclic) bond motifs is 1. The van der Waals surface area contributed by atoms with Crippen molar-refractivity contribution in [3.05, 3.63) is 98.5 Å². The van der Waals surface area contributed by atoms with Gasteiger partial charge in [0.1, 0.15) is 12.5 Å². The number of amides is 2. The highest BCUT2D eigenvalue weighted by Crippen LogP contribution is 2.49. The topological polar surface area (TPSA) is 101 Å². The maximum atomic E-state index is 16.6. The quantitative estimate of drug-likeness (QED) is 0.303. The summed E-state index contributed by atoms with van der Waals surface area (Å²) in [7, 11) is 0. The third-order valence-electron chi connectivity index (χ3n) is 8.71. The van der Waals surface area contributed by atoms with Crippen molar-refractivity contribution >= 4 is 35.0 Å². The van der Waals surface area contributed by atoms with Crippen LogP contribution in [0.3, 0.4) is 0 Å². The van der Waals surface area contributed by atoms with Crippen molar-refractivity contribution in [2.45, 2.75) is 50.5 Å². The number of nitrogens with one attached hydrogen (secondary N) is 1. The second-order valence-electron chi connectivity index (χ2n) is 11.5. The van der Waals surface area contributed by atoms with Gasteiger partial charge in [0.05, 0.1) is 34.0 Å². The van der Waals surface area contributed by atoms with Gasteiger partial charge in [-0.2, -0.15) is 0 Å². The van der Waals surface area contributed by atoms with E-state index in [1.807, 2.05) is 0 Å². The standard InChI is InChI=1S/C32H32Cl2FN3O5/c1-31(41,20-10-12-42-13-11-20)22-14-26-28(27(35)15-22)32(21-4-6-23(33)7-5-21,43-18-37-29(39)19-2-3-19)38(30(26)40)17-25-9-8-24(34)16-36-25/h4-9,14-16,19-20,41H,2-3,10-13,17-18H2,1H3,(H,37,39)/t31?,32-/m1/s1. The molecule has 0 spiro atoms. The van der Waals surface area contributed by atoms with E-state index in [4.69, 9.17) is 32.7 Å². The van der Waals surface area contributed by atoms with Gasteiger partial charge in [-0.05, 0) is 80.5 Å². The first-order chi connectivity index (χ1) is 20.6. The van der Waals surface area contributed by atoms with E-state index in [0.717, 1.165) is 12.8 Å². The van der Waals surface area contributed by atoms with E-state index in [1.54, 1.807) is 49.4 Å². The molecule has 3 aliphatic rings. The number of benzene rings is 2. The van der Waals surface area contributed by atoms with E-state index < -0.39 is 23.1 Å². The Hall–Kier alpha value is -3.08. The first kappa shape index (κ1) is 30.0. The predicted octanol–water partition coefficient (Wildman–Crippen LogP) is 5.52. The van der Waals surface area contributed by atoms with E-state index in [1.165, 1.54) is 17.2 Å². The summed E-state index contributed by atoms with van der Waals surface area (Å²) in [6, 6.07) is 12.8. The van der Waals surface area contributed by atoms with Gasteiger partial charge in [0.25, 0.3) is 5.91 Å². The maximum absolute atomic E-state index is 16.6. The Labute approximate surface area is 259 Å². The second-order valence-corrected chi connectivity index (χ2v) is 12.4. The van der Waals surface area contributed by atoms with Crippen molar-refractivity contribution in [2.24, 2.45) is 11.8 Å².